The van der Waals surface area contributed by atoms with Crippen LogP contribution < -0.4 is 10.5 Å². The summed E-state index contributed by atoms with van der Waals surface area (Å²) in [4.78, 5) is 29.3. The molecule has 1 aliphatic heterocycles. The Balaban J connectivity index is 1.67. The van der Waals surface area contributed by atoms with E-state index in [-0.39, 0.29) is 15.9 Å². The number of nitrogens with one attached hydrogen (secondary N) is 1. The molecule has 0 saturated carbocycles. The van der Waals surface area contributed by atoms with Crippen LogP contribution in [0.25, 0.3) is 10.9 Å². The van der Waals surface area contributed by atoms with Crippen LogP contribution in [0.2, 0.25) is 0 Å². The number of carbonyl (C=O) groups is 1. The number of anilines is 1. The third-order valence-electron chi connectivity index (χ3n) is 4.98. The predicted molar refractivity (Wildman–Crippen MR) is 107 cm³/mol. The van der Waals surface area contributed by atoms with Crippen molar-refractivity contribution >= 4 is 34.8 Å². The summed E-state index contributed by atoms with van der Waals surface area (Å²) in [6.07, 6.45) is 2.46. The number of carboxylic acid groups (broad SMARTS) is 1. The molecule has 2 N–H and O–H groups in total. The van der Waals surface area contributed by atoms with E-state index >= 15 is 0 Å². The van der Waals surface area contributed by atoms with Gasteiger partial charge >= 0.3 is 5.97 Å². The van der Waals surface area contributed by atoms with Crippen LogP contribution in [-0.2, 0) is 6.54 Å². The van der Waals surface area contributed by atoms with Crippen LogP contribution in [0, 0.1) is 4.77 Å². The van der Waals surface area contributed by atoms with Crippen LogP contribution in [0.1, 0.15) is 28.8 Å². The smallest absolute Gasteiger partial charge is 0.335 e. The molecule has 6 nitrogen and oxygen atoms in total. The standard InChI is InChI=1S/C20H19N3O3S/c24-18-16-8-5-14(19(25)26)11-17(16)21-20(27)23(18)12-13-3-6-15(7-4-13)22-9-1-2-10-22/h3-8,11H,1-2,9-10,12H2,(H,21,27)(H,25,26). The van der Waals surface area contributed by atoms with Gasteiger partial charge in [-0.2, -0.15) is 0 Å². The Morgan fingerprint density at radius 1 is 1.11 bits per heavy atom. The quantitative estimate of drug-likeness (QED) is 0.677. The average Bonchev–Trinajstić information content (AvgIpc) is 3.20. The average molecular weight is 381 g/mol. The lowest BCUT2D eigenvalue weighted by molar-refractivity contribution is 0.0697. The molecule has 0 unspecified atom stereocenters. The highest BCUT2D eigenvalue weighted by atomic mass is 32.1. The van der Waals surface area contributed by atoms with Gasteiger partial charge in [0.2, 0.25) is 0 Å². The first-order valence-electron chi connectivity index (χ1n) is 8.87. The monoisotopic (exact) mass is 381 g/mol. The molecule has 7 heteroatoms. The first-order valence-corrected chi connectivity index (χ1v) is 9.28. The second-order valence-electron chi connectivity index (χ2n) is 6.75. The van der Waals surface area contributed by atoms with Crippen molar-refractivity contribution in [3.63, 3.8) is 0 Å². The SMILES string of the molecule is O=C(O)c1ccc2c(=O)n(Cc3ccc(N4CCCC4)cc3)c(=S)[nH]c2c1. The van der Waals surface area contributed by atoms with Crippen LogP contribution in [-0.4, -0.2) is 33.7 Å². The maximum Gasteiger partial charge on any atom is 0.335 e. The van der Waals surface area contributed by atoms with Gasteiger partial charge in [0, 0.05) is 18.8 Å². The zero-order chi connectivity index (χ0) is 19.0. The lowest BCUT2D eigenvalue weighted by atomic mass is 10.1. The number of carboxylic acids is 1. The number of benzene rings is 2. The summed E-state index contributed by atoms with van der Waals surface area (Å²) in [5.74, 6) is -1.04. The fourth-order valence-corrected chi connectivity index (χ4v) is 3.76. The number of H-pyrrole nitrogens is 1. The second-order valence-corrected chi connectivity index (χ2v) is 7.13. The number of nitrogens with zero attached hydrogens (tertiary/aromatic N) is 2. The highest BCUT2D eigenvalue weighted by Crippen LogP contribution is 2.20. The minimum atomic E-state index is -1.04. The van der Waals surface area contributed by atoms with E-state index in [0.717, 1.165) is 18.7 Å². The fraction of sp³-hybridized carbons (Fsp3) is 0.250. The largest absolute Gasteiger partial charge is 0.478 e. The summed E-state index contributed by atoms with van der Waals surface area (Å²) in [6.45, 7) is 2.55. The van der Waals surface area contributed by atoms with Gasteiger partial charge in [0.1, 0.15) is 0 Å². The van der Waals surface area contributed by atoms with Gasteiger partial charge in [0.15, 0.2) is 4.77 Å². The van der Waals surface area contributed by atoms with Gasteiger partial charge in [0.25, 0.3) is 5.56 Å². The third-order valence-corrected chi connectivity index (χ3v) is 5.30. The van der Waals surface area contributed by atoms with E-state index in [1.807, 2.05) is 12.1 Å². The van der Waals surface area contributed by atoms with Gasteiger partial charge in [-0.15, -0.1) is 0 Å². The van der Waals surface area contributed by atoms with E-state index in [9.17, 15) is 9.59 Å². The van der Waals surface area contributed by atoms with Crippen LogP contribution in [0.15, 0.2) is 47.3 Å². The van der Waals surface area contributed by atoms with Gasteiger partial charge in [-0.1, -0.05) is 12.1 Å². The van der Waals surface area contributed by atoms with E-state index in [4.69, 9.17) is 17.3 Å². The number of hydrogen-bond acceptors (Lipinski definition) is 4. The minimum Gasteiger partial charge on any atom is -0.478 e. The normalized spacial score (nSPS) is 14.0. The number of aromatic carboxylic acids is 1. The Hall–Kier alpha value is -2.93. The van der Waals surface area contributed by atoms with Crippen molar-refractivity contribution < 1.29 is 9.90 Å². The Morgan fingerprint density at radius 2 is 1.81 bits per heavy atom. The van der Waals surface area contributed by atoms with Crippen molar-refractivity contribution in [3.05, 3.63) is 68.7 Å². The molecular weight excluding hydrogens is 362 g/mol. The molecule has 2 heterocycles. The topological polar surface area (TPSA) is 78.3 Å². The molecule has 3 aromatic rings. The Morgan fingerprint density at radius 3 is 2.48 bits per heavy atom. The molecule has 1 saturated heterocycles. The summed E-state index contributed by atoms with van der Waals surface area (Å²) in [6, 6.07) is 12.6. The number of hydrogen-bond donors (Lipinski definition) is 2. The first-order chi connectivity index (χ1) is 13.0. The van der Waals surface area contributed by atoms with Crippen LogP contribution in [0.5, 0.6) is 0 Å². The Bertz CT molecular complexity index is 1130. The summed E-state index contributed by atoms with van der Waals surface area (Å²) in [5.41, 5.74) is 2.51. The van der Waals surface area contributed by atoms with Crippen molar-refractivity contribution in [1.29, 1.82) is 0 Å². The van der Waals surface area contributed by atoms with E-state index in [0.29, 0.717) is 17.4 Å². The van der Waals surface area contributed by atoms with Crippen molar-refractivity contribution in [2.24, 2.45) is 0 Å². The molecule has 138 valence electrons. The van der Waals surface area contributed by atoms with Crippen molar-refractivity contribution in [2.45, 2.75) is 19.4 Å². The molecule has 1 fully saturated rings. The lowest BCUT2D eigenvalue weighted by Gasteiger charge is -2.18. The number of fused-ring (bicyclic) bond motifs is 1. The first kappa shape index (κ1) is 17.5. The lowest BCUT2D eigenvalue weighted by Crippen LogP contribution is -2.23. The van der Waals surface area contributed by atoms with Gasteiger partial charge in [-0.05, 0) is 61.0 Å². The molecule has 2 aromatic carbocycles. The molecule has 0 atom stereocenters. The summed E-state index contributed by atoms with van der Waals surface area (Å²) >= 11 is 5.34. The molecule has 1 aromatic heterocycles. The highest BCUT2D eigenvalue weighted by molar-refractivity contribution is 7.71. The zero-order valence-electron chi connectivity index (χ0n) is 14.6. The molecule has 1 aliphatic rings. The maximum absolute atomic E-state index is 12.8. The highest BCUT2D eigenvalue weighted by Gasteiger charge is 2.13. The Labute approximate surface area is 160 Å². The predicted octanol–water partition coefficient (Wildman–Crippen LogP) is 3.41. The van der Waals surface area contributed by atoms with Crippen LogP contribution in [0.4, 0.5) is 5.69 Å². The van der Waals surface area contributed by atoms with Crippen LogP contribution in [0.3, 0.4) is 0 Å². The zero-order valence-corrected chi connectivity index (χ0v) is 15.5. The van der Waals surface area contributed by atoms with Crippen molar-refractivity contribution in [2.75, 3.05) is 18.0 Å². The maximum atomic E-state index is 12.8. The molecule has 0 amide bonds. The molecule has 0 aliphatic carbocycles. The number of rotatable bonds is 4. The molecular formula is C20H19N3O3S. The van der Waals surface area contributed by atoms with E-state index in [2.05, 4.69) is 22.0 Å². The van der Waals surface area contributed by atoms with Gasteiger partial charge < -0.3 is 15.0 Å². The van der Waals surface area contributed by atoms with Gasteiger partial charge in [-0.3, -0.25) is 9.36 Å². The number of aromatic amines is 1. The van der Waals surface area contributed by atoms with Crippen molar-refractivity contribution in [1.82, 2.24) is 9.55 Å². The van der Waals surface area contributed by atoms with E-state index < -0.39 is 5.97 Å². The third kappa shape index (κ3) is 3.38. The molecule has 27 heavy (non-hydrogen) atoms. The number of aromatic nitrogens is 2. The van der Waals surface area contributed by atoms with Gasteiger partial charge in [0.05, 0.1) is 23.0 Å². The minimum absolute atomic E-state index is 0.114. The molecule has 0 spiro atoms. The van der Waals surface area contributed by atoms with E-state index in [1.54, 1.807) is 0 Å². The second kappa shape index (κ2) is 7.00. The van der Waals surface area contributed by atoms with Crippen molar-refractivity contribution in [3.8, 4) is 0 Å². The van der Waals surface area contributed by atoms with Gasteiger partial charge in [-0.25, -0.2) is 4.79 Å². The van der Waals surface area contributed by atoms with Crippen LogP contribution >= 0.6 is 12.2 Å². The molecule has 0 radical (unpaired) electrons. The Kier molecular flexibility index (Phi) is 4.53. The summed E-state index contributed by atoms with van der Waals surface area (Å²) in [5, 5.41) is 9.53. The summed E-state index contributed by atoms with van der Waals surface area (Å²) in [7, 11) is 0. The molecule has 0 bridgehead atoms. The van der Waals surface area contributed by atoms with E-state index in [1.165, 1.54) is 41.3 Å². The fourth-order valence-electron chi connectivity index (χ4n) is 3.50. The summed E-state index contributed by atoms with van der Waals surface area (Å²) < 4.78 is 1.78. The molecule has 4 rings (SSSR count).